The minimum Gasteiger partial charge on any atom is -0.459 e. The van der Waals surface area contributed by atoms with E-state index in [1.165, 1.54) is 34.4 Å². The number of ether oxygens (including phenoxy) is 1. The average molecular weight is 437 g/mol. The van der Waals surface area contributed by atoms with Gasteiger partial charge in [0.25, 0.3) is 5.56 Å². The van der Waals surface area contributed by atoms with E-state index in [0.29, 0.717) is 15.8 Å². The van der Waals surface area contributed by atoms with Crippen molar-refractivity contribution in [3.05, 3.63) is 87.0 Å². The molecule has 2 heterocycles. The number of aromatic nitrogens is 2. The molecule has 0 aliphatic rings. The highest BCUT2D eigenvalue weighted by atomic mass is 32.1. The molecule has 0 bridgehead atoms. The first-order valence-corrected chi connectivity index (χ1v) is 10.7. The molecule has 0 atom stereocenters. The van der Waals surface area contributed by atoms with Gasteiger partial charge < -0.3 is 4.74 Å². The number of benzene rings is 2. The summed E-state index contributed by atoms with van der Waals surface area (Å²) >= 11 is 1.44. The van der Waals surface area contributed by atoms with Crippen LogP contribution in [0, 0.1) is 12.7 Å². The fourth-order valence-electron chi connectivity index (χ4n) is 3.49. The topological polar surface area (TPSA) is 61.2 Å². The Labute approximate surface area is 182 Å². The van der Waals surface area contributed by atoms with Crippen LogP contribution in [0.15, 0.2) is 59.7 Å². The summed E-state index contributed by atoms with van der Waals surface area (Å²) in [6.45, 7) is 5.79. The third-order valence-electron chi connectivity index (χ3n) is 4.85. The molecule has 0 N–H and O–H groups in total. The Morgan fingerprint density at radius 1 is 1.19 bits per heavy atom. The largest absolute Gasteiger partial charge is 0.459 e. The first-order chi connectivity index (χ1) is 14.8. The van der Waals surface area contributed by atoms with E-state index in [0.717, 1.165) is 21.6 Å². The molecule has 0 fully saturated rings. The van der Waals surface area contributed by atoms with Gasteiger partial charge in [0.1, 0.15) is 10.6 Å². The van der Waals surface area contributed by atoms with Crippen LogP contribution in [0.4, 0.5) is 4.39 Å². The molecular weight excluding hydrogens is 415 g/mol. The molecule has 31 heavy (non-hydrogen) atoms. The van der Waals surface area contributed by atoms with E-state index in [2.05, 4.69) is 4.98 Å². The maximum absolute atomic E-state index is 13.4. The fraction of sp³-hybridized carbons (Fsp3) is 0.208. The SMILES string of the molecule is Cc1sc2ncn(Cc3cccc(C(=O)OC(C)C)c3)c(=O)c2c1-c1ccc(F)cc1. The number of aryl methyl sites for hydroxylation is 1. The van der Waals surface area contributed by atoms with E-state index >= 15 is 0 Å². The predicted molar refractivity (Wildman–Crippen MR) is 120 cm³/mol. The molecule has 7 heteroatoms. The summed E-state index contributed by atoms with van der Waals surface area (Å²) in [4.78, 5) is 31.6. The van der Waals surface area contributed by atoms with E-state index in [1.54, 1.807) is 44.2 Å². The monoisotopic (exact) mass is 436 g/mol. The summed E-state index contributed by atoms with van der Waals surface area (Å²) in [7, 11) is 0. The maximum atomic E-state index is 13.4. The molecular formula is C24H21FN2O3S. The zero-order chi connectivity index (χ0) is 22.1. The molecule has 0 saturated heterocycles. The van der Waals surface area contributed by atoms with Gasteiger partial charge in [-0.1, -0.05) is 24.3 Å². The minimum absolute atomic E-state index is 0.177. The van der Waals surface area contributed by atoms with E-state index in [-0.39, 0.29) is 24.0 Å². The van der Waals surface area contributed by atoms with Crippen molar-refractivity contribution < 1.29 is 13.9 Å². The van der Waals surface area contributed by atoms with Crippen LogP contribution in [-0.2, 0) is 11.3 Å². The standard InChI is InChI=1S/C24H21FN2O3S/c1-14(2)30-24(29)18-6-4-5-16(11-18)12-27-13-26-22-21(23(27)28)20(15(3)31-22)17-7-9-19(25)10-8-17/h4-11,13-14H,12H2,1-3H3. The predicted octanol–water partition coefficient (Wildman–Crippen LogP) is 5.19. The lowest BCUT2D eigenvalue weighted by Crippen LogP contribution is -2.21. The third-order valence-corrected chi connectivity index (χ3v) is 5.86. The minimum atomic E-state index is -0.398. The third kappa shape index (κ3) is 4.27. The second kappa shape index (κ2) is 8.43. The molecule has 0 spiro atoms. The molecule has 0 aliphatic carbocycles. The van der Waals surface area contributed by atoms with E-state index in [4.69, 9.17) is 4.74 Å². The highest BCUT2D eigenvalue weighted by Crippen LogP contribution is 2.35. The molecule has 4 rings (SSSR count). The summed E-state index contributed by atoms with van der Waals surface area (Å²) < 4.78 is 20.2. The van der Waals surface area contributed by atoms with Crippen LogP contribution >= 0.6 is 11.3 Å². The molecule has 0 radical (unpaired) electrons. The Hall–Kier alpha value is -3.32. The van der Waals surface area contributed by atoms with Gasteiger partial charge in [0.05, 0.1) is 29.9 Å². The summed E-state index contributed by atoms with van der Waals surface area (Å²) in [5, 5.41) is 0.520. The van der Waals surface area contributed by atoms with Crippen LogP contribution in [0.1, 0.15) is 34.6 Å². The van der Waals surface area contributed by atoms with Crippen LogP contribution in [0.3, 0.4) is 0 Å². The lowest BCUT2D eigenvalue weighted by Gasteiger charge is -2.10. The Bertz CT molecular complexity index is 1320. The van der Waals surface area contributed by atoms with Gasteiger partial charge in [-0.05, 0) is 56.2 Å². The highest BCUT2D eigenvalue weighted by Gasteiger charge is 2.17. The van der Waals surface area contributed by atoms with Gasteiger partial charge in [0.15, 0.2) is 0 Å². The van der Waals surface area contributed by atoms with Crippen LogP contribution in [-0.4, -0.2) is 21.6 Å². The molecule has 5 nitrogen and oxygen atoms in total. The van der Waals surface area contributed by atoms with Gasteiger partial charge in [0, 0.05) is 10.4 Å². The Kier molecular flexibility index (Phi) is 5.69. The fourth-order valence-corrected chi connectivity index (χ4v) is 4.49. The van der Waals surface area contributed by atoms with E-state index in [1.807, 2.05) is 13.0 Å². The number of esters is 1. The molecule has 0 amide bonds. The van der Waals surface area contributed by atoms with Gasteiger partial charge >= 0.3 is 5.97 Å². The first-order valence-electron chi connectivity index (χ1n) is 9.88. The molecule has 2 aromatic heterocycles. The molecule has 2 aromatic carbocycles. The van der Waals surface area contributed by atoms with Gasteiger partial charge in [0.2, 0.25) is 0 Å². The smallest absolute Gasteiger partial charge is 0.338 e. The van der Waals surface area contributed by atoms with Gasteiger partial charge in [-0.2, -0.15) is 0 Å². The first kappa shape index (κ1) is 20.9. The van der Waals surface area contributed by atoms with E-state index in [9.17, 15) is 14.0 Å². The summed E-state index contributed by atoms with van der Waals surface area (Å²) in [6, 6.07) is 13.1. The number of fused-ring (bicyclic) bond motifs is 1. The van der Waals surface area contributed by atoms with Crippen molar-refractivity contribution in [2.24, 2.45) is 0 Å². The summed E-state index contributed by atoms with van der Waals surface area (Å²) in [6.07, 6.45) is 1.31. The quantitative estimate of drug-likeness (QED) is 0.404. The highest BCUT2D eigenvalue weighted by molar-refractivity contribution is 7.19. The zero-order valence-electron chi connectivity index (χ0n) is 17.4. The van der Waals surface area contributed by atoms with Gasteiger partial charge in [-0.3, -0.25) is 9.36 Å². The zero-order valence-corrected chi connectivity index (χ0v) is 18.2. The average Bonchev–Trinajstić information content (AvgIpc) is 3.07. The number of carbonyl (C=O) groups excluding carboxylic acids is 1. The van der Waals surface area contributed by atoms with Crippen LogP contribution in [0.25, 0.3) is 21.3 Å². The molecule has 158 valence electrons. The van der Waals surface area contributed by atoms with Gasteiger partial charge in [-0.15, -0.1) is 11.3 Å². The molecule has 4 aromatic rings. The normalized spacial score (nSPS) is 11.3. The van der Waals surface area contributed by atoms with Gasteiger partial charge in [-0.25, -0.2) is 14.2 Å². The number of hydrogen-bond acceptors (Lipinski definition) is 5. The molecule has 0 unspecified atom stereocenters. The number of hydrogen-bond donors (Lipinski definition) is 0. The van der Waals surface area contributed by atoms with Crippen LogP contribution in [0.5, 0.6) is 0 Å². The Morgan fingerprint density at radius 2 is 1.94 bits per heavy atom. The van der Waals surface area contributed by atoms with Crippen molar-refractivity contribution in [3.8, 4) is 11.1 Å². The number of carbonyl (C=O) groups is 1. The maximum Gasteiger partial charge on any atom is 0.338 e. The van der Waals surface area contributed by atoms with Crippen molar-refractivity contribution in [1.29, 1.82) is 0 Å². The van der Waals surface area contributed by atoms with Crippen molar-refractivity contribution in [3.63, 3.8) is 0 Å². The van der Waals surface area contributed by atoms with Crippen molar-refractivity contribution >= 4 is 27.5 Å². The lowest BCUT2D eigenvalue weighted by atomic mass is 10.0. The number of rotatable bonds is 5. The van der Waals surface area contributed by atoms with Crippen molar-refractivity contribution in [2.75, 3.05) is 0 Å². The summed E-state index contributed by atoms with van der Waals surface area (Å²) in [5.41, 5.74) is 2.61. The number of halogens is 1. The Balaban J connectivity index is 1.74. The number of thiophene rings is 1. The molecule has 0 saturated carbocycles. The second-order valence-corrected chi connectivity index (χ2v) is 8.76. The number of nitrogens with zero attached hydrogens (tertiary/aromatic N) is 2. The summed E-state index contributed by atoms with van der Waals surface area (Å²) in [5.74, 6) is -0.725. The Morgan fingerprint density at radius 3 is 2.65 bits per heavy atom. The molecule has 0 aliphatic heterocycles. The lowest BCUT2D eigenvalue weighted by molar-refractivity contribution is 0.0377. The van der Waals surface area contributed by atoms with E-state index < -0.39 is 5.97 Å². The van der Waals surface area contributed by atoms with Crippen LogP contribution < -0.4 is 5.56 Å². The van der Waals surface area contributed by atoms with Crippen molar-refractivity contribution in [2.45, 2.75) is 33.4 Å². The van der Waals surface area contributed by atoms with Crippen molar-refractivity contribution in [1.82, 2.24) is 9.55 Å². The second-order valence-electron chi connectivity index (χ2n) is 7.55. The van der Waals surface area contributed by atoms with Crippen LogP contribution in [0.2, 0.25) is 0 Å².